The number of rotatable bonds is 1. The fraction of sp³-hybridized carbons (Fsp3) is 0.333. The van der Waals surface area contributed by atoms with E-state index in [4.69, 9.17) is 0 Å². The molecule has 2 amide bonds. The van der Waals surface area contributed by atoms with Crippen LogP contribution in [-0.2, 0) is 9.59 Å². The van der Waals surface area contributed by atoms with Crippen molar-refractivity contribution in [2.45, 2.75) is 6.04 Å². The van der Waals surface area contributed by atoms with E-state index in [0.29, 0.717) is 6.54 Å². The Kier molecular flexibility index (Phi) is 2.83. The normalized spacial score (nSPS) is 21.0. The number of amides is 2. The summed E-state index contributed by atoms with van der Waals surface area (Å²) in [7, 11) is 3.17. The first-order chi connectivity index (χ1) is 8.00. The van der Waals surface area contributed by atoms with Gasteiger partial charge in [-0.1, -0.05) is 12.1 Å². The van der Waals surface area contributed by atoms with Crippen LogP contribution in [0.25, 0.3) is 0 Å². The van der Waals surface area contributed by atoms with Gasteiger partial charge >= 0.3 is 11.8 Å². The third-order valence-corrected chi connectivity index (χ3v) is 3.02. The number of nitrogens with zero attached hydrogens (tertiary/aromatic N) is 2. The number of hydrogen-bond donors (Lipinski definition) is 0. The second-order valence-electron chi connectivity index (χ2n) is 4.17. The molecule has 17 heavy (non-hydrogen) atoms. The van der Waals surface area contributed by atoms with Crippen molar-refractivity contribution in [1.29, 1.82) is 0 Å². The lowest BCUT2D eigenvalue weighted by Crippen LogP contribution is -2.52. The van der Waals surface area contributed by atoms with E-state index in [9.17, 15) is 14.0 Å². The molecular formula is C12H13FN2O2. The molecule has 1 saturated heterocycles. The van der Waals surface area contributed by atoms with Crippen molar-refractivity contribution < 1.29 is 14.0 Å². The number of carbonyl (C=O) groups is 2. The molecule has 0 radical (unpaired) electrons. The van der Waals surface area contributed by atoms with E-state index in [1.165, 1.54) is 21.9 Å². The molecule has 0 spiro atoms. The molecule has 0 bridgehead atoms. The number of piperazine rings is 1. The summed E-state index contributed by atoms with van der Waals surface area (Å²) in [6.45, 7) is 0.423. The van der Waals surface area contributed by atoms with Gasteiger partial charge in [-0.2, -0.15) is 0 Å². The van der Waals surface area contributed by atoms with Crippen molar-refractivity contribution in [1.82, 2.24) is 9.80 Å². The van der Waals surface area contributed by atoms with Gasteiger partial charge in [-0.3, -0.25) is 9.59 Å². The Bertz CT molecular complexity index is 458. The summed E-state index contributed by atoms with van der Waals surface area (Å²) in [5, 5.41) is 0. The number of hydrogen-bond acceptors (Lipinski definition) is 2. The topological polar surface area (TPSA) is 40.6 Å². The summed E-state index contributed by atoms with van der Waals surface area (Å²) >= 11 is 0. The van der Waals surface area contributed by atoms with Crippen LogP contribution in [0.2, 0.25) is 0 Å². The van der Waals surface area contributed by atoms with Gasteiger partial charge in [0.25, 0.3) is 0 Å². The average Bonchev–Trinajstić information content (AvgIpc) is 2.32. The van der Waals surface area contributed by atoms with Gasteiger partial charge in [0.15, 0.2) is 0 Å². The van der Waals surface area contributed by atoms with Crippen LogP contribution in [0, 0.1) is 5.82 Å². The van der Waals surface area contributed by atoms with Crippen LogP contribution in [0.5, 0.6) is 0 Å². The summed E-state index contributed by atoms with van der Waals surface area (Å²) in [5.41, 5.74) is 0.821. The summed E-state index contributed by atoms with van der Waals surface area (Å²) in [5.74, 6) is -1.36. The van der Waals surface area contributed by atoms with E-state index < -0.39 is 11.8 Å². The molecule has 1 aliphatic heterocycles. The van der Waals surface area contributed by atoms with E-state index in [1.807, 2.05) is 0 Å². The molecule has 1 aromatic rings. The Labute approximate surface area is 98.6 Å². The van der Waals surface area contributed by atoms with E-state index in [-0.39, 0.29) is 11.9 Å². The Morgan fingerprint density at radius 1 is 1.12 bits per heavy atom. The van der Waals surface area contributed by atoms with Crippen LogP contribution >= 0.6 is 0 Å². The van der Waals surface area contributed by atoms with Crippen molar-refractivity contribution in [2.24, 2.45) is 0 Å². The lowest BCUT2D eigenvalue weighted by atomic mass is 10.0. The Balaban J connectivity index is 2.29. The maximum atomic E-state index is 12.8. The molecule has 1 unspecified atom stereocenters. The first kappa shape index (κ1) is 11.6. The number of likely N-dealkylation sites (N-methyl/N-ethyl adjacent to an activating group) is 2. The minimum atomic E-state index is -0.534. The van der Waals surface area contributed by atoms with E-state index in [0.717, 1.165) is 5.56 Å². The molecule has 0 saturated carbocycles. The molecule has 0 aromatic heterocycles. The Morgan fingerprint density at radius 2 is 1.71 bits per heavy atom. The highest BCUT2D eigenvalue weighted by Crippen LogP contribution is 2.24. The maximum Gasteiger partial charge on any atom is 0.312 e. The van der Waals surface area contributed by atoms with E-state index in [1.54, 1.807) is 26.2 Å². The molecule has 1 aromatic carbocycles. The van der Waals surface area contributed by atoms with Crippen LogP contribution in [0.15, 0.2) is 24.3 Å². The fourth-order valence-corrected chi connectivity index (χ4v) is 1.93. The third-order valence-electron chi connectivity index (χ3n) is 3.02. The monoisotopic (exact) mass is 236 g/mol. The Hall–Kier alpha value is -1.91. The summed E-state index contributed by atoms with van der Waals surface area (Å²) in [6, 6.07) is 5.75. The fourth-order valence-electron chi connectivity index (χ4n) is 1.93. The van der Waals surface area contributed by atoms with Crippen molar-refractivity contribution >= 4 is 11.8 Å². The SMILES string of the molecule is CN1CC(c2ccc(F)cc2)N(C)C(=O)C1=O. The maximum absolute atomic E-state index is 12.8. The van der Waals surface area contributed by atoms with Gasteiger partial charge in [-0.25, -0.2) is 4.39 Å². The van der Waals surface area contributed by atoms with Crippen LogP contribution < -0.4 is 0 Å². The second kappa shape index (κ2) is 4.16. The minimum absolute atomic E-state index is 0.217. The summed E-state index contributed by atoms with van der Waals surface area (Å²) < 4.78 is 12.8. The standard InChI is InChI=1S/C12H13FN2O2/c1-14-7-10(15(2)12(17)11(14)16)8-3-5-9(13)6-4-8/h3-6,10H,7H2,1-2H3. The van der Waals surface area contributed by atoms with Crippen molar-refractivity contribution in [3.05, 3.63) is 35.6 Å². The van der Waals surface area contributed by atoms with Crippen LogP contribution in [0.3, 0.4) is 0 Å². The summed E-state index contributed by atoms with van der Waals surface area (Å²) in [6.07, 6.45) is 0. The molecule has 4 nitrogen and oxygen atoms in total. The summed E-state index contributed by atoms with van der Waals surface area (Å²) in [4.78, 5) is 25.9. The van der Waals surface area contributed by atoms with E-state index >= 15 is 0 Å². The highest BCUT2D eigenvalue weighted by atomic mass is 19.1. The second-order valence-corrected chi connectivity index (χ2v) is 4.17. The number of carbonyl (C=O) groups excluding carboxylic acids is 2. The third kappa shape index (κ3) is 2.00. The lowest BCUT2D eigenvalue weighted by Gasteiger charge is -2.36. The Morgan fingerprint density at radius 3 is 2.29 bits per heavy atom. The van der Waals surface area contributed by atoms with Gasteiger partial charge in [-0.15, -0.1) is 0 Å². The smallest absolute Gasteiger partial charge is 0.312 e. The van der Waals surface area contributed by atoms with Crippen LogP contribution in [-0.4, -0.2) is 42.3 Å². The van der Waals surface area contributed by atoms with Gasteiger partial charge < -0.3 is 9.80 Å². The van der Waals surface area contributed by atoms with Gasteiger partial charge in [0.05, 0.1) is 6.04 Å². The molecule has 1 fully saturated rings. The minimum Gasteiger partial charge on any atom is -0.335 e. The molecule has 90 valence electrons. The highest BCUT2D eigenvalue weighted by Gasteiger charge is 2.35. The molecule has 0 N–H and O–H groups in total. The van der Waals surface area contributed by atoms with Crippen LogP contribution in [0.1, 0.15) is 11.6 Å². The average molecular weight is 236 g/mol. The molecule has 2 rings (SSSR count). The zero-order valence-electron chi connectivity index (χ0n) is 9.68. The largest absolute Gasteiger partial charge is 0.335 e. The van der Waals surface area contributed by atoms with Gasteiger partial charge in [0, 0.05) is 20.6 Å². The van der Waals surface area contributed by atoms with Crippen molar-refractivity contribution in [2.75, 3.05) is 20.6 Å². The molecule has 1 atom stereocenters. The predicted molar refractivity (Wildman–Crippen MR) is 59.5 cm³/mol. The van der Waals surface area contributed by atoms with Gasteiger partial charge in [-0.05, 0) is 17.7 Å². The number of benzene rings is 1. The number of halogens is 1. The lowest BCUT2D eigenvalue weighted by molar-refractivity contribution is -0.156. The zero-order valence-corrected chi connectivity index (χ0v) is 9.68. The molecular weight excluding hydrogens is 223 g/mol. The molecule has 1 aliphatic rings. The predicted octanol–water partition coefficient (Wildman–Crippen LogP) is 0.797. The van der Waals surface area contributed by atoms with Crippen molar-refractivity contribution in [3.8, 4) is 0 Å². The highest BCUT2D eigenvalue weighted by molar-refractivity contribution is 6.35. The molecule has 1 heterocycles. The molecule has 0 aliphatic carbocycles. The van der Waals surface area contributed by atoms with Gasteiger partial charge in [0.1, 0.15) is 5.82 Å². The zero-order chi connectivity index (χ0) is 12.6. The first-order valence-electron chi connectivity index (χ1n) is 5.28. The quantitative estimate of drug-likeness (QED) is 0.677. The van der Waals surface area contributed by atoms with E-state index in [2.05, 4.69) is 0 Å². The van der Waals surface area contributed by atoms with Crippen LogP contribution in [0.4, 0.5) is 4.39 Å². The van der Waals surface area contributed by atoms with Gasteiger partial charge in [0.2, 0.25) is 0 Å². The van der Waals surface area contributed by atoms with Crippen molar-refractivity contribution in [3.63, 3.8) is 0 Å². The molecule has 5 heteroatoms. The first-order valence-corrected chi connectivity index (χ1v) is 5.28.